The van der Waals surface area contributed by atoms with E-state index in [-0.39, 0.29) is 18.4 Å². The average Bonchev–Trinajstić information content (AvgIpc) is 3.00. The molecule has 2 heterocycles. The molecule has 160 valence electrons. The van der Waals surface area contributed by atoms with E-state index in [1.165, 1.54) is 16.7 Å². The van der Waals surface area contributed by atoms with Crippen molar-refractivity contribution in [1.82, 2.24) is 15.1 Å². The molecular weight excluding hydrogens is 418 g/mol. The number of carbonyl (C=O) groups excluding carboxylic acids is 2. The highest BCUT2D eigenvalue weighted by atomic mass is 32.2. The van der Waals surface area contributed by atoms with Crippen LogP contribution in [0.5, 0.6) is 0 Å². The molecular formula is C22H27N3O3S2. The molecule has 1 aromatic carbocycles. The van der Waals surface area contributed by atoms with E-state index >= 15 is 0 Å². The summed E-state index contributed by atoms with van der Waals surface area (Å²) in [7, 11) is 0. The lowest BCUT2D eigenvalue weighted by Crippen LogP contribution is -2.41. The molecule has 0 saturated carbocycles. The minimum absolute atomic E-state index is 0.0407. The van der Waals surface area contributed by atoms with Gasteiger partial charge in [0.2, 0.25) is 5.91 Å². The lowest BCUT2D eigenvalue weighted by Gasteiger charge is -2.26. The number of amides is 2. The van der Waals surface area contributed by atoms with Crippen molar-refractivity contribution < 1.29 is 14.3 Å². The van der Waals surface area contributed by atoms with Crippen molar-refractivity contribution >= 4 is 46.2 Å². The first kappa shape index (κ1) is 22.7. The maximum atomic E-state index is 12.7. The van der Waals surface area contributed by atoms with Gasteiger partial charge in [0.25, 0.3) is 5.91 Å². The number of thiocarbonyl (C=S) groups is 1. The topological polar surface area (TPSA) is 61.9 Å². The molecule has 2 fully saturated rings. The van der Waals surface area contributed by atoms with Crippen LogP contribution >= 0.6 is 24.0 Å². The molecule has 1 N–H and O–H groups in total. The largest absolute Gasteiger partial charge is 0.379 e. The number of carbonyl (C=O) groups is 2. The zero-order valence-corrected chi connectivity index (χ0v) is 18.8. The molecule has 0 atom stereocenters. The van der Waals surface area contributed by atoms with Crippen LogP contribution in [0.1, 0.15) is 18.9 Å². The van der Waals surface area contributed by atoms with Gasteiger partial charge in [0.15, 0.2) is 0 Å². The fourth-order valence-electron chi connectivity index (χ4n) is 3.25. The summed E-state index contributed by atoms with van der Waals surface area (Å²) in [5.41, 5.74) is 2.02. The zero-order valence-electron chi connectivity index (χ0n) is 17.1. The van der Waals surface area contributed by atoms with Crippen molar-refractivity contribution in [3.63, 3.8) is 0 Å². The van der Waals surface area contributed by atoms with Crippen molar-refractivity contribution in [2.45, 2.75) is 13.3 Å². The van der Waals surface area contributed by atoms with Crippen LogP contribution in [0, 0.1) is 0 Å². The zero-order chi connectivity index (χ0) is 21.3. The van der Waals surface area contributed by atoms with E-state index in [1.807, 2.05) is 49.4 Å². The monoisotopic (exact) mass is 445 g/mol. The molecule has 0 aromatic heterocycles. The Balaban J connectivity index is 1.47. The second-order valence-electron chi connectivity index (χ2n) is 7.22. The first-order valence-electron chi connectivity index (χ1n) is 10.1. The normalized spacial score (nSPS) is 19.6. The summed E-state index contributed by atoms with van der Waals surface area (Å²) in [6.07, 6.45) is 4.70. The van der Waals surface area contributed by atoms with Crippen molar-refractivity contribution in [3.05, 3.63) is 52.4 Å². The number of nitrogens with zero attached hydrogens (tertiary/aromatic N) is 2. The third-order valence-electron chi connectivity index (χ3n) is 4.80. The van der Waals surface area contributed by atoms with Gasteiger partial charge in [-0.1, -0.05) is 60.4 Å². The molecule has 0 spiro atoms. The Labute approximate surface area is 187 Å². The van der Waals surface area contributed by atoms with Crippen molar-refractivity contribution in [2.24, 2.45) is 0 Å². The Kier molecular flexibility index (Phi) is 8.62. The van der Waals surface area contributed by atoms with Crippen molar-refractivity contribution in [1.29, 1.82) is 0 Å². The van der Waals surface area contributed by atoms with Gasteiger partial charge in [-0.05, 0) is 37.1 Å². The fourth-order valence-corrected chi connectivity index (χ4v) is 4.56. The Morgan fingerprint density at radius 3 is 2.73 bits per heavy atom. The highest BCUT2D eigenvalue weighted by Gasteiger charge is 2.33. The third kappa shape index (κ3) is 6.77. The Morgan fingerprint density at radius 1 is 1.27 bits per heavy atom. The highest BCUT2D eigenvalue weighted by molar-refractivity contribution is 8.26. The van der Waals surface area contributed by atoms with Crippen molar-refractivity contribution in [2.75, 3.05) is 45.9 Å². The summed E-state index contributed by atoms with van der Waals surface area (Å²) in [6.45, 7) is 6.84. The summed E-state index contributed by atoms with van der Waals surface area (Å²) in [4.78, 5) is 29.2. The standard InChI is InChI=1S/C22H27N3O3S2/c1-17(14-18-6-3-2-4-7-18)15-19-21(27)25(22(29)30-19)16-20(26)23-8-5-9-24-10-12-28-13-11-24/h2-4,6-7,14-15H,5,8-13,16H2,1H3,(H,23,26). The summed E-state index contributed by atoms with van der Waals surface area (Å²) in [5.74, 6) is -0.402. The van der Waals surface area contributed by atoms with Gasteiger partial charge in [0.05, 0.1) is 18.1 Å². The van der Waals surface area contributed by atoms with E-state index in [0.29, 0.717) is 15.8 Å². The number of benzene rings is 1. The smallest absolute Gasteiger partial charge is 0.266 e. The second kappa shape index (κ2) is 11.4. The van der Waals surface area contributed by atoms with Gasteiger partial charge in [-0.2, -0.15) is 0 Å². The summed E-state index contributed by atoms with van der Waals surface area (Å²) in [5, 5.41) is 2.89. The van der Waals surface area contributed by atoms with Crippen LogP contribution in [-0.2, 0) is 14.3 Å². The first-order chi connectivity index (χ1) is 14.5. The molecule has 2 aliphatic rings. The quantitative estimate of drug-likeness (QED) is 0.377. The van der Waals surface area contributed by atoms with Gasteiger partial charge < -0.3 is 10.1 Å². The predicted octanol–water partition coefficient (Wildman–Crippen LogP) is 2.67. The van der Waals surface area contributed by atoms with Gasteiger partial charge in [0.1, 0.15) is 10.9 Å². The number of ether oxygens (including phenoxy) is 1. The van der Waals surface area contributed by atoms with E-state index in [4.69, 9.17) is 17.0 Å². The minimum Gasteiger partial charge on any atom is -0.379 e. The predicted molar refractivity (Wildman–Crippen MR) is 125 cm³/mol. The highest BCUT2D eigenvalue weighted by Crippen LogP contribution is 2.31. The number of hydrogen-bond acceptors (Lipinski definition) is 6. The number of allylic oxidation sites excluding steroid dienone is 2. The molecule has 2 saturated heterocycles. The number of thioether (sulfide) groups is 1. The Morgan fingerprint density at radius 2 is 2.00 bits per heavy atom. The second-order valence-corrected chi connectivity index (χ2v) is 8.90. The van der Waals surface area contributed by atoms with Gasteiger partial charge in [-0.3, -0.25) is 19.4 Å². The number of nitrogens with one attached hydrogen (secondary N) is 1. The summed E-state index contributed by atoms with van der Waals surface area (Å²) >= 11 is 6.56. The molecule has 0 radical (unpaired) electrons. The van der Waals surface area contributed by atoms with Crippen LogP contribution in [0.25, 0.3) is 6.08 Å². The molecule has 0 aliphatic carbocycles. The average molecular weight is 446 g/mol. The molecule has 2 amide bonds. The van der Waals surface area contributed by atoms with Crippen LogP contribution in [0.15, 0.2) is 46.9 Å². The van der Waals surface area contributed by atoms with Crippen LogP contribution in [0.4, 0.5) is 0 Å². The first-order valence-corrected chi connectivity index (χ1v) is 11.3. The van der Waals surface area contributed by atoms with Crippen LogP contribution in [0.3, 0.4) is 0 Å². The van der Waals surface area contributed by atoms with E-state index in [2.05, 4.69) is 10.2 Å². The molecule has 2 aliphatic heterocycles. The molecule has 0 bridgehead atoms. The maximum absolute atomic E-state index is 12.7. The van der Waals surface area contributed by atoms with E-state index in [0.717, 1.165) is 50.4 Å². The van der Waals surface area contributed by atoms with Gasteiger partial charge in [0, 0.05) is 19.6 Å². The number of rotatable bonds is 8. The molecule has 0 unspecified atom stereocenters. The lowest BCUT2D eigenvalue weighted by molar-refractivity contribution is -0.128. The van der Waals surface area contributed by atoms with E-state index < -0.39 is 0 Å². The summed E-state index contributed by atoms with van der Waals surface area (Å²) in [6, 6.07) is 9.92. The van der Waals surface area contributed by atoms with Crippen LogP contribution < -0.4 is 5.32 Å². The minimum atomic E-state index is -0.214. The molecule has 8 heteroatoms. The third-order valence-corrected chi connectivity index (χ3v) is 6.18. The lowest BCUT2D eigenvalue weighted by atomic mass is 10.1. The van der Waals surface area contributed by atoms with E-state index in [1.54, 1.807) is 0 Å². The molecule has 1 aromatic rings. The van der Waals surface area contributed by atoms with E-state index in [9.17, 15) is 9.59 Å². The van der Waals surface area contributed by atoms with Crippen LogP contribution in [0.2, 0.25) is 0 Å². The van der Waals surface area contributed by atoms with Gasteiger partial charge in [-0.25, -0.2) is 0 Å². The molecule has 30 heavy (non-hydrogen) atoms. The van der Waals surface area contributed by atoms with Gasteiger partial charge in [-0.15, -0.1) is 0 Å². The van der Waals surface area contributed by atoms with Crippen molar-refractivity contribution in [3.8, 4) is 0 Å². The summed E-state index contributed by atoms with van der Waals surface area (Å²) < 4.78 is 5.75. The number of morpholine rings is 1. The Hall–Kier alpha value is -2.00. The van der Waals surface area contributed by atoms with Crippen LogP contribution in [-0.4, -0.2) is 71.9 Å². The fraction of sp³-hybridized carbons (Fsp3) is 0.409. The maximum Gasteiger partial charge on any atom is 0.266 e. The number of hydrogen-bond donors (Lipinski definition) is 1. The molecule has 6 nitrogen and oxygen atoms in total. The SMILES string of the molecule is CC(=Cc1ccccc1)C=C1SC(=S)N(CC(=O)NCCCN2CCOCC2)C1=O. The molecule has 3 rings (SSSR count). The van der Waals surface area contributed by atoms with Gasteiger partial charge >= 0.3 is 0 Å². The Bertz CT molecular complexity index is 833.